The molecule has 1 aromatic rings. The number of nitrogens with zero attached hydrogens (tertiary/aromatic N) is 1. The summed E-state index contributed by atoms with van der Waals surface area (Å²) in [5.41, 5.74) is 1.24. The van der Waals surface area contributed by atoms with E-state index in [2.05, 4.69) is 6.58 Å². The van der Waals surface area contributed by atoms with Gasteiger partial charge in [0.05, 0.1) is 4.92 Å². The molecule has 0 saturated carbocycles. The van der Waals surface area contributed by atoms with E-state index >= 15 is 0 Å². The molecule has 0 heterocycles. The summed E-state index contributed by atoms with van der Waals surface area (Å²) < 4.78 is 0. The van der Waals surface area contributed by atoms with Gasteiger partial charge in [-0.2, -0.15) is 0 Å². The van der Waals surface area contributed by atoms with Gasteiger partial charge in [-0.3, -0.25) is 10.1 Å². The second kappa shape index (κ2) is 4.40. The molecule has 0 spiro atoms. The molecule has 0 unspecified atom stereocenters. The van der Waals surface area contributed by atoms with Gasteiger partial charge in [0.15, 0.2) is 0 Å². The van der Waals surface area contributed by atoms with Crippen molar-refractivity contribution >= 4 is 5.69 Å². The smallest absolute Gasteiger partial charge is 0.258 e. The lowest BCUT2D eigenvalue weighted by Gasteiger charge is -1.96. The minimum atomic E-state index is -0.392. The number of benzene rings is 1. The van der Waals surface area contributed by atoms with Crippen LogP contribution in [-0.4, -0.2) is 4.92 Å². The van der Waals surface area contributed by atoms with Gasteiger partial charge in [-0.05, 0) is 18.4 Å². The maximum atomic E-state index is 10.3. The van der Waals surface area contributed by atoms with Gasteiger partial charge >= 0.3 is 0 Å². The molecule has 0 amide bonds. The van der Waals surface area contributed by atoms with Crippen LogP contribution in [0.5, 0.6) is 0 Å². The molecule has 0 aliphatic carbocycles. The molecule has 0 radical (unpaired) electrons. The van der Waals surface area contributed by atoms with E-state index in [0.29, 0.717) is 0 Å². The zero-order valence-corrected chi connectivity index (χ0v) is 7.27. The highest BCUT2D eigenvalue weighted by molar-refractivity contribution is 5.32. The lowest BCUT2D eigenvalue weighted by Crippen LogP contribution is -1.88. The van der Waals surface area contributed by atoms with E-state index in [1.807, 2.05) is 6.08 Å². The van der Waals surface area contributed by atoms with Gasteiger partial charge in [0.2, 0.25) is 0 Å². The molecular weight excluding hydrogens is 166 g/mol. The number of hydrogen-bond donors (Lipinski definition) is 0. The predicted octanol–water partition coefficient (Wildman–Crippen LogP) is 2.71. The Morgan fingerprint density at radius 2 is 2.00 bits per heavy atom. The first kappa shape index (κ1) is 9.45. The average Bonchev–Trinajstić information content (AvgIpc) is 2.15. The van der Waals surface area contributed by atoms with E-state index in [0.717, 1.165) is 18.4 Å². The highest BCUT2D eigenvalue weighted by Gasteiger charge is 2.02. The molecule has 0 atom stereocenters. The quantitative estimate of drug-likeness (QED) is 0.403. The fourth-order valence-electron chi connectivity index (χ4n) is 1.05. The molecule has 0 saturated heterocycles. The van der Waals surface area contributed by atoms with Crippen LogP contribution in [0.2, 0.25) is 0 Å². The standard InChI is InChI=1S/C10H11NO2/c1-2-3-4-9-5-7-10(8-6-9)11(12)13/h2,5-8H,1,3-4H2. The van der Waals surface area contributed by atoms with E-state index in [4.69, 9.17) is 0 Å². The molecular formula is C10H11NO2. The number of nitro benzene ring substituents is 1. The Kier molecular flexibility index (Phi) is 3.20. The van der Waals surface area contributed by atoms with Crippen LogP contribution in [0, 0.1) is 10.1 Å². The Morgan fingerprint density at radius 3 is 2.46 bits per heavy atom. The first-order chi connectivity index (χ1) is 6.24. The van der Waals surface area contributed by atoms with Crippen LogP contribution in [-0.2, 0) is 6.42 Å². The summed E-state index contributed by atoms with van der Waals surface area (Å²) in [6.07, 6.45) is 3.63. The molecule has 1 aromatic carbocycles. The average molecular weight is 177 g/mol. The Bertz CT molecular complexity index is 303. The van der Waals surface area contributed by atoms with Gasteiger partial charge in [-0.1, -0.05) is 18.2 Å². The van der Waals surface area contributed by atoms with Crippen molar-refractivity contribution in [1.82, 2.24) is 0 Å². The first-order valence-corrected chi connectivity index (χ1v) is 4.08. The van der Waals surface area contributed by atoms with Crippen molar-refractivity contribution in [3.05, 3.63) is 52.6 Å². The molecule has 3 heteroatoms. The molecule has 0 fully saturated rings. The van der Waals surface area contributed by atoms with E-state index in [1.54, 1.807) is 12.1 Å². The normalized spacial score (nSPS) is 9.54. The fraction of sp³-hybridized carbons (Fsp3) is 0.200. The zero-order valence-electron chi connectivity index (χ0n) is 7.27. The minimum Gasteiger partial charge on any atom is -0.258 e. The third-order valence-corrected chi connectivity index (χ3v) is 1.78. The zero-order chi connectivity index (χ0) is 9.68. The monoisotopic (exact) mass is 177 g/mol. The van der Waals surface area contributed by atoms with E-state index in [-0.39, 0.29) is 5.69 Å². The van der Waals surface area contributed by atoms with Gasteiger partial charge < -0.3 is 0 Å². The third-order valence-electron chi connectivity index (χ3n) is 1.78. The van der Waals surface area contributed by atoms with Crippen LogP contribution < -0.4 is 0 Å². The van der Waals surface area contributed by atoms with E-state index in [9.17, 15) is 10.1 Å². The van der Waals surface area contributed by atoms with Gasteiger partial charge in [-0.15, -0.1) is 6.58 Å². The summed E-state index contributed by atoms with van der Waals surface area (Å²) in [7, 11) is 0. The molecule has 0 bridgehead atoms. The SMILES string of the molecule is C=CCCc1ccc([N+](=O)[O-])cc1. The Balaban J connectivity index is 2.69. The number of hydrogen-bond acceptors (Lipinski definition) is 2. The van der Waals surface area contributed by atoms with Crippen molar-refractivity contribution in [3.63, 3.8) is 0 Å². The van der Waals surface area contributed by atoms with Crippen molar-refractivity contribution in [1.29, 1.82) is 0 Å². The number of non-ortho nitro benzene ring substituents is 1. The molecule has 1 rings (SSSR count). The first-order valence-electron chi connectivity index (χ1n) is 4.08. The van der Waals surface area contributed by atoms with Crippen molar-refractivity contribution in [2.75, 3.05) is 0 Å². The Hall–Kier alpha value is -1.64. The number of nitro groups is 1. The molecule has 0 N–H and O–H groups in total. The van der Waals surface area contributed by atoms with Crippen molar-refractivity contribution in [3.8, 4) is 0 Å². The molecule has 68 valence electrons. The molecule has 0 aliphatic heterocycles. The van der Waals surface area contributed by atoms with Crippen LogP contribution in [0.3, 0.4) is 0 Å². The van der Waals surface area contributed by atoms with Gasteiger partial charge in [0.25, 0.3) is 5.69 Å². The maximum Gasteiger partial charge on any atom is 0.269 e. The summed E-state index contributed by atoms with van der Waals surface area (Å²) >= 11 is 0. The summed E-state index contributed by atoms with van der Waals surface area (Å²) in [5.74, 6) is 0. The van der Waals surface area contributed by atoms with Crippen molar-refractivity contribution in [2.24, 2.45) is 0 Å². The Labute approximate surface area is 76.9 Å². The van der Waals surface area contributed by atoms with E-state index < -0.39 is 4.92 Å². The second-order valence-electron chi connectivity index (χ2n) is 2.75. The number of rotatable bonds is 4. The van der Waals surface area contributed by atoms with Gasteiger partial charge in [0.1, 0.15) is 0 Å². The maximum absolute atomic E-state index is 10.3. The van der Waals surface area contributed by atoms with Crippen LogP contribution in [0.4, 0.5) is 5.69 Å². The van der Waals surface area contributed by atoms with Crippen LogP contribution in [0.15, 0.2) is 36.9 Å². The number of allylic oxidation sites excluding steroid dienone is 1. The lowest BCUT2D eigenvalue weighted by atomic mass is 10.1. The summed E-state index contributed by atoms with van der Waals surface area (Å²) in [6.45, 7) is 3.61. The van der Waals surface area contributed by atoms with E-state index in [1.165, 1.54) is 12.1 Å². The second-order valence-corrected chi connectivity index (χ2v) is 2.75. The number of aryl methyl sites for hydroxylation is 1. The van der Waals surface area contributed by atoms with Crippen LogP contribution in [0.25, 0.3) is 0 Å². The fourth-order valence-corrected chi connectivity index (χ4v) is 1.05. The minimum absolute atomic E-state index is 0.141. The largest absolute Gasteiger partial charge is 0.269 e. The summed E-state index contributed by atoms with van der Waals surface area (Å²) in [6, 6.07) is 6.61. The van der Waals surface area contributed by atoms with Gasteiger partial charge in [-0.25, -0.2) is 0 Å². The highest BCUT2D eigenvalue weighted by Crippen LogP contribution is 2.12. The highest BCUT2D eigenvalue weighted by atomic mass is 16.6. The predicted molar refractivity (Wildman–Crippen MR) is 51.6 cm³/mol. The molecule has 13 heavy (non-hydrogen) atoms. The molecule has 3 nitrogen and oxygen atoms in total. The molecule has 0 aliphatic rings. The van der Waals surface area contributed by atoms with Crippen molar-refractivity contribution in [2.45, 2.75) is 12.8 Å². The van der Waals surface area contributed by atoms with Crippen molar-refractivity contribution < 1.29 is 4.92 Å². The summed E-state index contributed by atoms with van der Waals surface area (Å²) in [5, 5.41) is 10.3. The topological polar surface area (TPSA) is 43.1 Å². The van der Waals surface area contributed by atoms with Gasteiger partial charge in [0, 0.05) is 12.1 Å². The van der Waals surface area contributed by atoms with Crippen LogP contribution in [0.1, 0.15) is 12.0 Å². The lowest BCUT2D eigenvalue weighted by molar-refractivity contribution is -0.384. The summed E-state index contributed by atoms with van der Waals surface area (Å²) in [4.78, 5) is 9.92. The third kappa shape index (κ3) is 2.71. The van der Waals surface area contributed by atoms with Crippen LogP contribution >= 0.6 is 0 Å². The molecule has 0 aromatic heterocycles. The Morgan fingerprint density at radius 1 is 1.38 bits per heavy atom.